The molecule has 0 aliphatic carbocycles. The minimum Gasteiger partial charge on any atom is -0.451 e. The zero-order chi connectivity index (χ0) is 19.8. The Balaban J connectivity index is 1.78. The Kier molecular flexibility index (Phi) is 4.73. The van der Waals surface area contributed by atoms with Crippen molar-refractivity contribution in [3.05, 3.63) is 65.1 Å². The third kappa shape index (κ3) is 3.69. The van der Waals surface area contributed by atoms with Crippen LogP contribution in [0.4, 0.5) is 13.2 Å². The number of para-hydroxylation sites is 1. The number of fused-ring (bicyclic) bond motifs is 1. The number of benzene rings is 1. The van der Waals surface area contributed by atoms with Gasteiger partial charge in [0, 0.05) is 28.4 Å². The van der Waals surface area contributed by atoms with Gasteiger partial charge in [-0.1, -0.05) is 18.2 Å². The molecule has 1 aromatic carbocycles. The molecule has 0 radical (unpaired) electrons. The van der Waals surface area contributed by atoms with Crippen molar-refractivity contribution in [2.75, 3.05) is 0 Å². The summed E-state index contributed by atoms with van der Waals surface area (Å²) in [7, 11) is 0. The maximum atomic E-state index is 12.7. The van der Waals surface area contributed by atoms with Crippen LogP contribution in [0.15, 0.2) is 42.6 Å². The molecule has 3 rings (SSSR count). The molecule has 1 unspecified atom stereocenters. The lowest BCUT2D eigenvalue weighted by Gasteiger charge is -2.13. The molecule has 2 aromatic heterocycles. The van der Waals surface area contributed by atoms with Crippen LogP contribution < -0.4 is 0 Å². The number of nitrogens with zero attached hydrogens (tertiary/aromatic N) is 1. The number of aromatic nitrogens is 2. The number of carbonyl (C=O) groups is 2. The lowest BCUT2D eigenvalue weighted by atomic mass is 10.0. The van der Waals surface area contributed by atoms with Gasteiger partial charge < -0.3 is 9.72 Å². The number of H-pyrrole nitrogens is 1. The van der Waals surface area contributed by atoms with Gasteiger partial charge in [0.05, 0.1) is 5.56 Å². The van der Waals surface area contributed by atoms with Gasteiger partial charge in [-0.2, -0.15) is 13.2 Å². The van der Waals surface area contributed by atoms with Crippen LogP contribution in [0.1, 0.15) is 39.0 Å². The molecule has 0 bridgehead atoms. The number of esters is 1. The first-order valence-electron chi connectivity index (χ1n) is 8.04. The number of hydrogen-bond donors (Lipinski definition) is 1. The first-order valence-corrected chi connectivity index (χ1v) is 8.04. The minimum absolute atomic E-state index is 0.168. The number of hydrogen-bond acceptors (Lipinski definition) is 4. The number of aryl methyl sites for hydroxylation is 1. The minimum atomic E-state index is -4.60. The standard InChI is InChI=1S/C19H15F3N2O3/c1-10-16(13-5-3-4-6-14(13)24-10)17(25)11(2)27-18(26)12-7-8-15(23-9-12)19(20,21)22/h3-9,11,24H,1-2H3. The van der Waals surface area contributed by atoms with Crippen LogP contribution >= 0.6 is 0 Å². The molecular formula is C19H15F3N2O3. The third-order valence-corrected chi connectivity index (χ3v) is 4.08. The van der Waals surface area contributed by atoms with E-state index in [2.05, 4.69) is 9.97 Å². The number of carbonyl (C=O) groups excluding carboxylic acids is 2. The van der Waals surface area contributed by atoms with E-state index in [1.807, 2.05) is 12.1 Å². The van der Waals surface area contributed by atoms with Crippen LogP contribution in [0.5, 0.6) is 0 Å². The van der Waals surface area contributed by atoms with E-state index in [0.29, 0.717) is 22.7 Å². The summed E-state index contributed by atoms with van der Waals surface area (Å²) in [4.78, 5) is 31.2. The third-order valence-electron chi connectivity index (χ3n) is 4.08. The summed E-state index contributed by atoms with van der Waals surface area (Å²) in [5.41, 5.74) is 0.552. The highest BCUT2D eigenvalue weighted by atomic mass is 19.4. The largest absolute Gasteiger partial charge is 0.451 e. The van der Waals surface area contributed by atoms with Crippen LogP contribution in [-0.4, -0.2) is 27.8 Å². The molecule has 5 nitrogen and oxygen atoms in total. The fourth-order valence-electron chi connectivity index (χ4n) is 2.76. The molecule has 0 aliphatic heterocycles. The van der Waals surface area contributed by atoms with Gasteiger partial charge in [-0.15, -0.1) is 0 Å². The zero-order valence-electron chi connectivity index (χ0n) is 14.4. The van der Waals surface area contributed by atoms with Gasteiger partial charge in [0.25, 0.3) is 0 Å². The molecule has 0 spiro atoms. The summed E-state index contributed by atoms with van der Waals surface area (Å²) in [6, 6.07) is 8.87. The molecule has 140 valence electrons. The lowest BCUT2D eigenvalue weighted by Crippen LogP contribution is -2.25. The molecule has 8 heteroatoms. The maximum absolute atomic E-state index is 12.7. The van der Waals surface area contributed by atoms with Crippen LogP contribution in [0.3, 0.4) is 0 Å². The normalized spacial score (nSPS) is 12.8. The molecule has 1 N–H and O–H groups in total. The van der Waals surface area contributed by atoms with Crippen LogP contribution in [0.25, 0.3) is 10.9 Å². The average molecular weight is 376 g/mol. The Hall–Kier alpha value is -3.16. The second kappa shape index (κ2) is 6.86. The van der Waals surface area contributed by atoms with Crippen LogP contribution in [0, 0.1) is 6.92 Å². The van der Waals surface area contributed by atoms with Crippen molar-refractivity contribution in [1.82, 2.24) is 9.97 Å². The fraction of sp³-hybridized carbons (Fsp3) is 0.211. The van der Waals surface area contributed by atoms with E-state index < -0.39 is 29.7 Å². The number of halogens is 3. The Morgan fingerprint density at radius 3 is 2.48 bits per heavy atom. The first-order chi connectivity index (χ1) is 12.7. The van der Waals surface area contributed by atoms with E-state index in [4.69, 9.17) is 4.74 Å². The second-order valence-corrected chi connectivity index (χ2v) is 6.01. The van der Waals surface area contributed by atoms with E-state index in [0.717, 1.165) is 17.8 Å². The van der Waals surface area contributed by atoms with Gasteiger partial charge in [0.15, 0.2) is 6.10 Å². The molecule has 0 aliphatic rings. The van der Waals surface area contributed by atoms with Gasteiger partial charge in [0.1, 0.15) is 5.69 Å². The summed E-state index contributed by atoms with van der Waals surface area (Å²) >= 11 is 0. The van der Waals surface area contributed by atoms with Crippen molar-refractivity contribution in [1.29, 1.82) is 0 Å². The summed E-state index contributed by atoms with van der Waals surface area (Å²) in [6.45, 7) is 3.15. The molecule has 0 saturated heterocycles. The van der Waals surface area contributed by atoms with E-state index in [1.54, 1.807) is 19.1 Å². The van der Waals surface area contributed by atoms with Crippen molar-refractivity contribution < 1.29 is 27.5 Å². The quantitative estimate of drug-likeness (QED) is 0.544. The van der Waals surface area contributed by atoms with Crippen molar-refractivity contribution in [2.45, 2.75) is 26.1 Å². The lowest BCUT2D eigenvalue weighted by molar-refractivity contribution is -0.141. The van der Waals surface area contributed by atoms with Gasteiger partial charge in [-0.3, -0.25) is 9.78 Å². The highest BCUT2D eigenvalue weighted by molar-refractivity contribution is 6.11. The Morgan fingerprint density at radius 2 is 1.85 bits per heavy atom. The highest BCUT2D eigenvalue weighted by Gasteiger charge is 2.32. The molecule has 0 fully saturated rings. The van der Waals surface area contributed by atoms with Crippen molar-refractivity contribution >= 4 is 22.7 Å². The first kappa shape index (κ1) is 18.6. The van der Waals surface area contributed by atoms with Crippen molar-refractivity contribution in [3.8, 4) is 0 Å². The number of ketones is 1. The smallest absolute Gasteiger partial charge is 0.433 e. The van der Waals surface area contributed by atoms with Gasteiger partial charge in [0.2, 0.25) is 5.78 Å². The molecule has 1 atom stereocenters. The van der Waals surface area contributed by atoms with E-state index in [1.165, 1.54) is 6.92 Å². The van der Waals surface area contributed by atoms with Crippen LogP contribution in [0.2, 0.25) is 0 Å². The molecule has 3 aromatic rings. The summed E-state index contributed by atoms with van der Waals surface area (Å²) in [6.07, 6.45) is -4.93. The van der Waals surface area contributed by atoms with Gasteiger partial charge in [-0.05, 0) is 32.0 Å². The van der Waals surface area contributed by atoms with Gasteiger partial charge in [-0.25, -0.2) is 4.79 Å². The number of rotatable bonds is 4. The van der Waals surface area contributed by atoms with E-state index >= 15 is 0 Å². The topological polar surface area (TPSA) is 72.1 Å². The number of ether oxygens (including phenoxy) is 1. The monoisotopic (exact) mass is 376 g/mol. The molecule has 27 heavy (non-hydrogen) atoms. The average Bonchev–Trinajstić information content (AvgIpc) is 2.96. The predicted octanol–water partition coefficient (Wildman–Crippen LogP) is 4.32. The van der Waals surface area contributed by atoms with Crippen molar-refractivity contribution in [3.63, 3.8) is 0 Å². The predicted molar refractivity (Wildman–Crippen MR) is 91.5 cm³/mol. The molecular weight excluding hydrogens is 361 g/mol. The Bertz CT molecular complexity index is 1010. The fourth-order valence-corrected chi connectivity index (χ4v) is 2.76. The van der Waals surface area contributed by atoms with Crippen LogP contribution in [-0.2, 0) is 10.9 Å². The number of Topliss-reactive ketones (excluding diaryl/α,β-unsaturated/α-hetero) is 1. The number of aromatic amines is 1. The Morgan fingerprint density at radius 1 is 1.15 bits per heavy atom. The second-order valence-electron chi connectivity index (χ2n) is 6.01. The zero-order valence-corrected chi connectivity index (χ0v) is 14.4. The summed E-state index contributed by atoms with van der Waals surface area (Å²) < 4.78 is 42.7. The molecule has 0 amide bonds. The summed E-state index contributed by atoms with van der Waals surface area (Å²) in [5.74, 6) is -1.33. The molecule has 2 heterocycles. The number of alkyl halides is 3. The maximum Gasteiger partial charge on any atom is 0.433 e. The van der Waals surface area contributed by atoms with Crippen molar-refractivity contribution in [2.24, 2.45) is 0 Å². The number of pyridine rings is 1. The van der Waals surface area contributed by atoms with E-state index in [-0.39, 0.29) is 5.56 Å². The number of nitrogens with one attached hydrogen (secondary N) is 1. The Labute approximate surface area is 152 Å². The summed E-state index contributed by atoms with van der Waals surface area (Å²) in [5, 5.41) is 0.707. The SMILES string of the molecule is Cc1[nH]c2ccccc2c1C(=O)C(C)OC(=O)c1ccc(C(F)(F)F)nc1. The molecule has 0 saturated carbocycles. The highest BCUT2D eigenvalue weighted by Crippen LogP contribution is 2.27. The van der Waals surface area contributed by atoms with E-state index in [9.17, 15) is 22.8 Å². The van der Waals surface area contributed by atoms with Gasteiger partial charge >= 0.3 is 12.1 Å².